The van der Waals surface area contributed by atoms with Crippen molar-refractivity contribution in [2.24, 2.45) is 4.99 Å². The minimum absolute atomic E-state index is 0.156. The molecule has 0 heterocycles. The van der Waals surface area contributed by atoms with Crippen LogP contribution in [0.15, 0.2) is 29.3 Å². The fourth-order valence-corrected chi connectivity index (χ4v) is 0.260. The summed E-state index contributed by atoms with van der Waals surface area (Å²) in [6.07, 6.45) is 1.27. The van der Waals surface area contributed by atoms with Crippen LogP contribution in [0.4, 0.5) is 0 Å². The first-order valence-electron chi connectivity index (χ1n) is 2.78. The molecule has 0 aromatic rings. The number of rotatable bonds is 3. The average Bonchev–Trinajstić information content (AvgIpc) is 1.82. The van der Waals surface area contributed by atoms with Gasteiger partial charge in [0.1, 0.15) is 0 Å². The third kappa shape index (κ3) is 4.06. The van der Waals surface area contributed by atoms with Gasteiger partial charge in [-0.1, -0.05) is 13.2 Å². The number of nitrogens with zero attached hydrogens (tertiary/aromatic N) is 1. The van der Waals surface area contributed by atoms with Crippen LogP contribution in [0.2, 0.25) is 0 Å². The zero-order chi connectivity index (χ0) is 8.15. The highest BCUT2D eigenvalue weighted by Gasteiger charge is 2.08. The molecule has 0 aliphatic heterocycles. The fourth-order valence-electron chi connectivity index (χ4n) is 0.260. The molecule has 4 heteroatoms. The largest absolute Gasteiger partial charge is 0.489 e. The monoisotopic (exact) mass is 139 g/mol. The Morgan fingerprint density at radius 3 is 2.30 bits per heavy atom. The van der Waals surface area contributed by atoms with Crippen LogP contribution in [0.3, 0.4) is 0 Å². The van der Waals surface area contributed by atoms with Gasteiger partial charge in [-0.3, -0.25) is 4.99 Å². The average molecular weight is 139 g/mol. The lowest BCUT2D eigenvalue weighted by Crippen LogP contribution is -2.15. The van der Waals surface area contributed by atoms with Crippen molar-refractivity contribution >= 4 is 13.3 Å². The first-order valence-corrected chi connectivity index (χ1v) is 2.78. The quantitative estimate of drug-likeness (QED) is 0.432. The molecule has 54 valence electrons. The van der Waals surface area contributed by atoms with E-state index in [0.29, 0.717) is 5.70 Å². The summed E-state index contributed by atoms with van der Waals surface area (Å²) in [5.74, 6) is 0. The van der Waals surface area contributed by atoms with E-state index in [-0.39, 0.29) is 5.47 Å². The Morgan fingerprint density at radius 2 is 2.00 bits per heavy atom. The predicted molar refractivity (Wildman–Crippen MR) is 42.6 cm³/mol. The zero-order valence-corrected chi connectivity index (χ0v) is 5.91. The van der Waals surface area contributed by atoms with Crippen molar-refractivity contribution < 1.29 is 10.0 Å². The molecule has 0 saturated heterocycles. The van der Waals surface area contributed by atoms with Gasteiger partial charge >= 0.3 is 7.12 Å². The molecule has 10 heavy (non-hydrogen) atoms. The lowest BCUT2D eigenvalue weighted by molar-refractivity contribution is 0.422. The highest BCUT2D eigenvalue weighted by Crippen LogP contribution is 1.91. The number of hydrogen-bond donors (Lipinski definition) is 2. The van der Waals surface area contributed by atoms with Crippen LogP contribution in [-0.4, -0.2) is 23.4 Å². The third-order valence-corrected chi connectivity index (χ3v) is 0.782. The molecule has 0 aromatic heterocycles. The van der Waals surface area contributed by atoms with Crippen LogP contribution in [-0.2, 0) is 0 Å². The summed E-state index contributed by atoms with van der Waals surface area (Å²) in [6, 6.07) is 0. The molecule has 0 aromatic carbocycles. The van der Waals surface area contributed by atoms with Crippen molar-refractivity contribution in [3.63, 3.8) is 0 Å². The summed E-state index contributed by atoms with van der Waals surface area (Å²) in [6.45, 7) is 8.52. The van der Waals surface area contributed by atoms with Gasteiger partial charge in [-0.2, -0.15) is 0 Å². The van der Waals surface area contributed by atoms with E-state index in [1.165, 1.54) is 6.21 Å². The van der Waals surface area contributed by atoms with E-state index >= 15 is 0 Å². The van der Waals surface area contributed by atoms with E-state index < -0.39 is 7.12 Å². The van der Waals surface area contributed by atoms with Crippen molar-refractivity contribution in [3.05, 3.63) is 24.3 Å². The second-order valence-corrected chi connectivity index (χ2v) is 1.94. The molecule has 0 amide bonds. The Hall–Kier alpha value is -0.865. The van der Waals surface area contributed by atoms with E-state index in [1.807, 2.05) is 0 Å². The van der Waals surface area contributed by atoms with Gasteiger partial charge in [-0.25, -0.2) is 0 Å². The van der Waals surface area contributed by atoms with Gasteiger partial charge in [-0.15, -0.1) is 0 Å². The lowest BCUT2D eigenvalue weighted by atomic mass is 9.81. The van der Waals surface area contributed by atoms with Gasteiger partial charge in [0.25, 0.3) is 0 Å². The maximum atomic E-state index is 8.47. The molecule has 0 saturated carbocycles. The van der Waals surface area contributed by atoms with Crippen LogP contribution in [0.1, 0.15) is 6.92 Å². The van der Waals surface area contributed by atoms with Crippen molar-refractivity contribution in [1.82, 2.24) is 0 Å². The Bertz CT molecular complexity index is 175. The maximum Gasteiger partial charge on any atom is 0.489 e. The van der Waals surface area contributed by atoms with Gasteiger partial charge < -0.3 is 10.0 Å². The van der Waals surface area contributed by atoms with E-state index in [9.17, 15) is 0 Å². The van der Waals surface area contributed by atoms with Crippen LogP contribution < -0.4 is 0 Å². The molecule has 0 fully saturated rings. The van der Waals surface area contributed by atoms with E-state index in [1.54, 1.807) is 6.92 Å². The minimum atomic E-state index is -1.52. The number of hydrogen-bond acceptors (Lipinski definition) is 3. The highest BCUT2D eigenvalue weighted by atomic mass is 16.4. The zero-order valence-electron chi connectivity index (χ0n) is 5.91. The number of aliphatic imine (C=N–C) groups is 1. The smallest absolute Gasteiger partial charge is 0.423 e. The summed E-state index contributed by atoms with van der Waals surface area (Å²) in [7, 11) is -1.52. The van der Waals surface area contributed by atoms with Crippen molar-refractivity contribution in [1.29, 1.82) is 0 Å². The normalized spacial score (nSPS) is 9.90. The number of allylic oxidation sites excluding steroid dienone is 2. The van der Waals surface area contributed by atoms with Gasteiger partial charge in [0, 0.05) is 11.9 Å². The molecule has 0 rings (SSSR count). The molecule has 0 aliphatic carbocycles. The van der Waals surface area contributed by atoms with Gasteiger partial charge in [0.2, 0.25) is 0 Å². The SMILES string of the molecule is C=C(C)N=CC(=C)B(O)O. The van der Waals surface area contributed by atoms with Gasteiger partial charge in [-0.05, 0) is 12.4 Å². The van der Waals surface area contributed by atoms with Crippen molar-refractivity contribution in [2.45, 2.75) is 6.92 Å². The summed E-state index contributed by atoms with van der Waals surface area (Å²) in [4.78, 5) is 3.71. The summed E-state index contributed by atoms with van der Waals surface area (Å²) >= 11 is 0. The molecule has 3 nitrogen and oxygen atoms in total. The fraction of sp³-hybridized carbons (Fsp3) is 0.167. The predicted octanol–water partition coefficient (Wildman–Crippen LogP) is 0.159. The van der Waals surface area contributed by atoms with Crippen molar-refractivity contribution in [2.75, 3.05) is 0 Å². The standard InChI is InChI=1S/C6H10BNO2/c1-5(2)8-4-6(3)7(9)10/h4,9-10H,1,3H2,2H3. The molecule has 2 N–H and O–H groups in total. The Morgan fingerprint density at radius 1 is 1.50 bits per heavy atom. The summed E-state index contributed by atoms with van der Waals surface area (Å²) in [5.41, 5.74) is 0.754. The van der Waals surface area contributed by atoms with Crippen LogP contribution >= 0.6 is 0 Å². The summed E-state index contributed by atoms with van der Waals surface area (Å²) < 4.78 is 0. The first-order chi connectivity index (χ1) is 4.54. The molecule has 0 atom stereocenters. The second-order valence-electron chi connectivity index (χ2n) is 1.94. The minimum Gasteiger partial charge on any atom is -0.423 e. The van der Waals surface area contributed by atoms with E-state index in [2.05, 4.69) is 18.2 Å². The molecular formula is C6H10BNO2. The topological polar surface area (TPSA) is 52.8 Å². The molecule has 0 bridgehead atoms. The van der Waals surface area contributed by atoms with Crippen LogP contribution in [0.5, 0.6) is 0 Å². The summed E-state index contributed by atoms with van der Waals surface area (Å²) in [5, 5.41) is 16.9. The highest BCUT2D eigenvalue weighted by molar-refractivity contribution is 6.56. The Kier molecular flexibility index (Phi) is 3.68. The van der Waals surface area contributed by atoms with Crippen LogP contribution in [0, 0.1) is 0 Å². The molecule has 0 spiro atoms. The van der Waals surface area contributed by atoms with Gasteiger partial charge in [0.05, 0.1) is 0 Å². The molecular weight excluding hydrogens is 129 g/mol. The van der Waals surface area contributed by atoms with E-state index in [0.717, 1.165) is 0 Å². The second kappa shape index (κ2) is 4.03. The molecule has 0 unspecified atom stereocenters. The third-order valence-electron chi connectivity index (χ3n) is 0.782. The first kappa shape index (κ1) is 9.13. The Labute approximate surface area is 60.6 Å². The Balaban J connectivity index is 3.90. The molecule has 0 aliphatic rings. The lowest BCUT2D eigenvalue weighted by Gasteiger charge is -1.93. The van der Waals surface area contributed by atoms with Crippen LogP contribution in [0.25, 0.3) is 0 Å². The van der Waals surface area contributed by atoms with E-state index in [4.69, 9.17) is 10.0 Å². The maximum absolute atomic E-state index is 8.47. The van der Waals surface area contributed by atoms with Crippen molar-refractivity contribution in [3.8, 4) is 0 Å². The van der Waals surface area contributed by atoms with Gasteiger partial charge in [0.15, 0.2) is 0 Å². The molecule has 0 radical (unpaired) electrons.